The Labute approximate surface area is 209 Å². The summed E-state index contributed by atoms with van der Waals surface area (Å²) >= 11 is 0. The highest BCUT2D eigenvalue weighted by Crippen LogP contribution is 1.75. The molecule has 0 saturated carbocycles. The van der Waals surface area contributed by atoms with E-state index < -0.39 is 0 Å². The first-order valence-electron chi connectivity index (χ1n) is 10.7. The minimum Gasteiger partial charge on any atom is -1.00 e. The molecule has 0 rings (SSSR count). The third-order valence-electron chi connectivity index (χ3n) is 0. The third kappa shape index (κ3) is 291000. The average molecular weight is 467 g/mol. The Hall–Kier alpha value is -0.280. The predicted octanol–water partition coefficient (Wildman–Crippen LogP) is 2.32. The summed E-state index contributed by atoms with van der Waals surface area (Å²) in [6.07, 6.45) is 0. The zero-order valence-corrected chi connectivity index (χ0v) is 27.1. The molecule has 0 aliphatic rings. The van der Waals surface area contributed by atoms with Crippen molar-refractivity contribution >= 4 is 0 Å². The molecule has 210 valence electrons. The standard InChI is InChI=1S/6C4H12N.H2O.5H/c6*1-5(2,3)4;;;;;;/h6*1-4H3;1H2;;;;;/q6*+1;;5*-1/p-1. The van der Waals surface area contributed by atoms with Crippen LogP contribution < -0.4 is 0 Å². The molecule has 31 heavy (non-hydrogen) atoms. The number of hydrogen-bond donors (Lipinski definition) is 0. The highest BCUT2D eigenvalue weighted by atomic mass is 16.0. The molecule has 0 aliphatic carbocycles. The lowest BCUT2D eigenvalue weighted by atomic mass is 10.8. The largest absolute Gasteiger partial charge is 1.00 e. The van der Waals surface area contributed by atoms with Gasteiger partial charge in [0.1, 0.15) is 0 Å². The van der Waals surface area contributed by atoms with E-state index in [0.29, 0.717) is 0 Å². The Balaban J connectivity index is -0.0000000186. The molecule has 0 spiro atoms. The minimum atomic E-state index is 0. The van der Waals surface area contributed by atoms with E-state index in [9.17, 15) is 0 Å². The summed E-state index contributed by atoms with van der Waals surface area (Å²) in [7, 11) is 51.0. The van der Waals surface area contributed by atoms with Gasteiger partial charge in [0.2, 0.25) is 0 Å². The van der Waals surface area contributed by atoms with Gasteiger partial charge in [-0.25, -0.2) is 0 Å². The smallest absolute Gasteiger partial charge is 0.0675 e. The SMILES string of the molecule is C[N+](C)(C)C.C[N+](C)(C)C.C[N+](C)(C)C.C[N+](C)(C)C.C[N+](C)(C)C.C[N+](C)(C)C.[H-].[H-].[H-].[H-].[H-].[OH-]. The molecule has 0 heterocycles. The third-order valence-corrected chi connectivity index (χ3v) is 0. The first-order chi connectivity index (χ1) is 12.0. The minimum absolute atomic E-state index is 0. The molecule has 0 aromatic rings. The molecular formula is C24H78N6O. The van der Waals surface area contributed by atoms with Gasteiger partial charge in [-0.3, -0.25) is 0 Å². The average Bonchev–Trinajstić information content (AvgIpc) is 1.94. The summed E-state index contributed by atoms with van der Waals surface area (Å²) in [5.74, 6) is 0. The van der Waals surface area contributed by atoms with Gasteiger partial charge in [0.25, 0.3) is 0 Å². The van der Waals surface area contributed by atoms with Crippen molar-refractivity contribution < 1.29 is 39.5 Å². The Kier molecular flexibility index (Phi) is 29.9. The van der Waals surface area contributed by atoms with Crippen molar-refractivity contribution in [3.63, 3.8) is 0 Å². The van der Waals surface area contributed by atoms with Crippen LogP contribution in [0, 0.1) is 0 Å². The summed E-state index contributed by atoms with van der Waals surface area (Å²) in [6, 6.07) is 0. The molecule has 0 atom stereocenters. The predicted molar refractivity (Wildman–Crippen MR) is 151 cm³/mol. The van der Waals surface area contributed by atoms with E-state index in [1.54, 1.807) is 0 Å². The molecule has 0 amide bonds. The van der Waals surface area contributed by atoms with Gasteiger partial charge in [-0.2, -0.15) is 0 Å². The molecular weight excluding hydrogens is 388 g/mol. The van der Waals surface area contributed by atoms with Crippen molar-refractivity contribution in [3.8, 4) is 0 Å². The second-order valence-corrected chi connectivity index (χ2v) is 16.1. The highest BCUT2D eigenvalue weighted by Gasteiger charge is 1.90. The van der Waals surface area contributed by atoms with Crippen molar-refractivity contribution in [2.75, 3.05) is 169 Å². The maximum absolute atomic E-state index is 2.12. The fourth-order valence-corrected chi connectivity index (χ4v) is 0. The lowest BCUT2D eigenvalue weighted by molar-refractivity contribution is -0.849. The molecule has 0 bridgehead atoms. The second-order valence-electron chi connectivity index (χ2n) is 16.1. The van der Waals surface area contributed by atoms with Gasteiger partial charge in [0.15, 0.2) is 0 Å². The van der Waals surface area contributed by atoms with Gasteiger partial charge in [-0.1, -0.05) is 0 Å². The summed E-state index contributed by atoms with van der Waals surface area (Å²) in [4.78, 5) is 0. The molecule has 0 radical (unpaired) electrons. The quantitative estimate of drug-likeness (QED) is 0.504. The topological polar surface area (TPSA) is 30.0 Å². The Morgan fingerprint density at radius 1 is 0.194 bits per heavy atom. The highest BCUT2D eigenvalue weighted by molar-refractivity contribution is 3.89. The van der Waals surface area contributed by atoms with E-state index in [1.807, 2.05) is 0 Å². The number of rotatable bonds is 0. The van der Waals surface area contributed by atoms with E-state index >= 15 is 0 Å². The number of nitrogens with zero attached hydrogens (tertiary/aromatic N) is 6. The molecule has 7 nitrogen and oxygen atoms in total. The molecule has 0 fully saturated rings. The van der Waals surface area contributed by atoms with E-state index in [0.717, 1.165) is 26.9 Å². The lowest BCUT2D eigenvalue weighted by Crippen LogP contribution is -2.27. The van der Waals surface area contributed by atoms with E-state index in [4.69, 9.17) is 0 Å². The van der Waals surface area contributed by atoms with Crippen LogP contribution in [-0.4, -0.2) is 202 Å². The fourth-order valence-electron chi connectivity index (χ4n) is 0. The second kappa shape index (κ2) is 19.2. The van der Waals surface area contributed by atoms with Crippen LogP contribution in [-0.2, 0) is 0 Å². The summed E-state index contributed by atoms with van der Waals surface area (Å²) < 4.78 is 6.00. The molecule has 0 aromatic carbocycles. The van der Waals surface area contributed by atoms with Crippen LogP contribution in [0.1, 0.15) is 7.13 Å². The van der Waals surface area contributed by atoms with Gasteiger partial charge in [0, 0.05) is 0 Å². The van der Waals surface area contributed by atoms with Crippen molar-refractivity contribution in [3.05, 3.63) is 0 Å². The summed E-state index contributed by atoms with van der Waals surface area (Å²) in [5.41, 5.74) is 0. The van der Waals surface area contributed by atoms with Crippen LogP contribution in [0.4, 0.5) is 0 Å². The number of quaternary nitrogens is 6. The maximum atomic E-state index is 2.12. The van der Waals surface area contributed by atoms with Gasteiger partial charge < -0.3 is 39.5 Å². The van der Waals surface area contributed by atoms with Crippen molar-refractivity contribution in [2.24, 2.45) is 0 Å². The Bertz CT molecular complexity index is 235. The Morgan fingerprint density at radius 2 is 0.194 bits per heavy atom. The van der Waals surface area contributed by atoms with Crippen LogP contribution in [0.15, 0.2) is 0 Å². The van der Waals surface area contributed by atoms with Crippen LogP contribution in [0.25, 0.3) is 0 Å². The van der Waals surface area contributed by atoms with Gasteiger partial charge >= 0.3 is 0 Å². The molecule has 0 aromatic heterocycles. The van der Waals surface area contributed by atoms with Crippen molar-refractivity contribution in [1.82, 2.24) is 0 Å². The summed E-state index contributed by atoms with van der Waals surface area (Å²) in [6.45, 7) is 0. The van der Waals surface area contributed by atoms with Crippen LogP contribution >= 0.6 is 0 Å². The normalized spacial score (nSPS) is 11.6. The zero-order chi connectivity index (χ0) is 27.0. The lowest BCUT2D eigenvalue weighted by Gasteiger charge is -2.14. The molecule has 1 N–H and O–H groups in total. The zero-order valence-electron chi connectivity index (χ0n) is 32.1. The monoisotopic (exact) mass is 467 g/mol. The van der Waals surface area contributed by atoms with Crippen LogP contribution in [0.3, 0.4) is 0 Å². The van der Waals surface area contributed by atoms with Crippen LogP contribution in [0.2, 0.25) is 0 Å². The van der Waals surface area contributed by atoms with Gasteiger partial charge in [-0.05, 0) is 0 Å². The first kappa shape index (κ1) is 48.2. The molecule has 0 saturated heterocycles. The van der Waals surface area contributed by atoms with E-state index in [1.165, 1.54) is 0 Å². The Morgan fingerprint density at radius 3 is 0.194 bits per heavy atom. The van der Waals surface area contributed by atoms with E-state index in [2.05, 4.69) is 169 Å². The van der Waals surface area contributed by atoms with Crippen molar-refractivity contribution in [1.29, 1.82) is 0 Å². The molecule has 0 aliphatic heterocycles. The van der Waals surface area contributed by atoms with E-state index in [-0.39, 0.29) is 12.6 Å². The summed E-state index contributed by atoms with van der Waals surface area (Å²) in [5, 5.41) is 0. The van der Waals surface area contributed by atoms with Crippen LogP contribution in [0.5, 0.6) is 0 Å². The van der Waals surface area contributed by atoms with Crippen molar-refractivity contribution in [2.45, 2.75) is 0 Å². The first-order valence-corrected chi connectivity index (χ1v) is 10.7. The molecule has 7 heteroatoms. The van der Waals surface area contributed by atoms with Gasteiger partial charge in [-0.15, -0.1) is 0 Å². The van der Waals surface area contributed by atoms with Gasteiger partial charge in [0.05, 0.1) is 169 Å². The number of hydrogen-bond acceptors (Lipinski definition) is 1. The fraction of sp³-hybridized carbons (Fsp3) is 1.00. The maximum Gasteiger partial charge on any atom is 0.0675 e. The molecule has 0 unspecified atom stereocenters.